The molecule has 1 fully saturated rings. The van der Waals surface area contributed by atoms with Gasteiger partial charge in [0.05, 0.1) is 6.04 Å². The van der Waals surface area contributed by atoms with Crippen LogP contribution in [0.5, 0.6) is 0 Å². The lowest BCUT2D eigenvalue weighted by atomic mass is 9.77. The van der Waals surface area contributed by atoms with Gasteiger partial charge in [0.1, 0.15) is 0 Å². The van der Waals surface area contributed by atoms with Crippen LogP contribution in [-0.4, -0.2) is 50.1 Å². The summed E-state index contributed by atoms with van der Waals surface area (Å²) in [7, 11) is 4.17. The molecular formula is C16H33N3O. The number of hydrogen-bond acceptors (Lipinski definition) is 3. The quantitative estimate of drug-likeness (QED) is 0.782. The second-order valence-electron chi connectivity index (χ2n) is 7.47. The molecule has 2 unspecified atom stereocenters. The van der Waals surface area contributed by atoms with Gasteiger partial charge >= 0.3 is 0 Å². The van der Waals surface area contributed by atoms with E-state index in [4.69, 9.17) is 0 Å². The highest BCUT2D eigenvalue weighted by Gasteiger charge is 2.37. The van der Waals surface area contributed by atoms with E-state index in [1.807, 2.05) is 0 Å². The second kappa shape index (κ2) is 7.41. The minimum absolute atomic E-state index is 0.0496. The van der Waals surface area contributed by atoms with Crippen LogP contribution >= 0.6 is 0 Å². The third kappa shape index (κ3) is 5.06. The first-order valence-electron chi connectivity index (χ1n) is 7.91. The molecule has 2 atom stereocenters. The van der Waals surface area contributed by atoms with Crippen molar-refractivity contribution in [3.05, 3.63) is 0 Å². The maximum Gasteiger partial charge on any atom is 0.237 e. The largest absolute Gasteiger partial charge is 0.353 e. The Morgan fingerprint density at radius 3 is 2.55 bits per heavy atom. The summed E-state index contributed by atoms with van der Waals surface area (Å²) in [5, 5.41) is 6.53. The van der Waals surface area contributed by atoms with Crippen molar-refractivity contribution in [2.45, 2.75) is 59.0 Å². The lowest BCUT2D eigenvalue weighted by Crippen LogP contribution is -2.57. The fourth-order valence-corrected chi connectivity index (χ4v) is 3.00. The summed E-state index contributed by atoms with van der Waals surface area (Å²) < 4.78 is 0. The van der Waals surface area contributed by atoms with E-state index in [2.05, 4.69) is 57.3 Å². The summed E-state index contributed by atoms with van der Waals surface area (Å²) in [5.41, 5.74) is 0.0496. The minimum Gasteiger partial charge on any atom is -0.353 e. The minimum atomic E-state index is -0.0573. The van der Waals surface area contributed by atoms with Gasteiger partial charge in [0, 0.05) is 12.6 Å². The van der Waals surface area contributed by atoms with Gasteiger partial charge in [-0.2, -0.15) is 0 Å². The highest BCUT2D eigenvalue weighted by Crippen LogP contribution is 2.30. The number of likely N-dealkylation sites (N-methyl/N-ethyl adjacent to an activating group) is 1. The van der Waals surface area contributed by atoms with Crippen molar-refractivity contribution in [1.82, 2.24) is 15.5 Å². The van der Waals surface area contributed by atoms with Gasteiger partial charge in [-0.3, -0.25) is 4.79 Å². The molecule has 0 aliphatic carbocycles. The number of piperidine rings is 1. The van der Waals surface area contributed by atoms with E-state index in [1.54, 1.807) is 0 Å². The number of amides is 1. The maximum atomic E-state index is 12.4. The Kier molecular flexibility index (Phi) is 6.46. The topological polar surface area (TPSA) is 44.4 Å². The third-order valence-electron chi connectivity index (χ3n) is 4.38. The molecule has 1 aliphatic rings. The Morgan fingerprint density at radius 1 is 1.40 bits per heavy atom. The highest BCUT2D eigenvalue weighted by atomic mass is 16.2. The summed E-state index contributed by atoms with van der Waals surface area (Å²) in [6.45, 7) is 10.5. The molecule has 0 bridgehead atoms. The predicted molar refractivity (Wildman–Crippen MR) is 84.7 cm³/mol. The van der Waals surface area contributed by atoms with Gasteiger partial charge in [-0.15, -0.1) is 0 Å². The summed E-state index contributed by atoms with van der Waals surface area (Å²) in [6.07, 6.45) is 3.38. The Bertz CT molecular complexity index is 313. The summed E-state index contributed by atoms with van der Waals surface area (Å²) in [5.74, 6) is 0.800. The number of carbonyl (C=O) groups excluding carboxylic acids is 1. The van der Waals surface area contributed by atoms with Crippen molar-refractivity contribution in [3.63, 3.8) is 0 Å². The van der Waals surface area contributed by atoms with Crippen LogP contribution < -0.4 is 10.6 Å². The van der Waals surface area contributed by atoms with Crippen molar-refractivity contribution in [2.75, 3.05) is 27.2 Å². The number of hydrogen-bond donors (Lipinski definition) is 2. The van der Waals surface area contributed by atoms with Gasteiger partial charge < -0.3 is 15.5 Å². The van der Waals surface area contributed by atoms with Gasteiger partial charge in [0.2, 0.25) is 5.91 Å². The Hall–Kier alpha value is -0.610. The molecule has 0 spiro atoms. The van der Waals surface area contributed by atoms with E-state index in [1.165, 1.54) is 0 Å². The van der Waals surface area contributed by atoms with Gasteiger partial charge in [-0.05, 0) is 51.2 Å². The van der Waals surface area contributed by atoms with Crippen LogP contribution in [0.3, 0.4) is 0 Å². The van der Waals surface area contributed by atoms with Crippen LogP contribution in [0.2, 0.25) is 0 Å². The van der Waals surface area contributed by atoms with E-state index >= 15 is 0 Å². The van der Waals surface area contributed by atoms with E-state index in [-0.39, 0.29) is 17.4 Å². The van der Waals surface area contributed by atoms with E-state index < -0.39 is 0 Å². The van der Waals surface area contributed by atoms with Crippen LogP contribution in [0.15, 0.2) is 0 Å². The molecule has 0 aromatic heterocycles. The molecule has 0 aromatic rings. The van der Waals surface area contributed by atoms with Crippen molar-refractivity contribution in [3.8, 4) is 0 Å². The van der Waals surface area contributed by atoms with Crippen LogP contribution in [0.4, 0.5) is 0 Å². The molecular weight excluding hydrogens is 250 g/mol. The second-order valence-corrected chi connectivity index (χ2v) is 7.47. The van der Waals surface area contributed by atoms with Crippen LogP contribution in [0, 0.1) is 11.3 Å². The van der Waals surface area contributed by atoms with Crippen molar-refractivity contribution >= 4 is 5.91 Å². The highest BCUT2D eigenvalue weighted by molar-refractivity contribution is 5.82. The number of rotatable bonds is 6. The Morgan fingerprint density at radius 2 is 2.05 bits per heavy atom. The molecule has 2 N–H and O–H groups in total. The number of nitrogens with one attached hydrogen (secondary N) is 2. The number of nitrogens with zero attached hydrogens (tertiary/aromatic N) is 1. The van der Waals surface area contributed by atoms with Crippen molar-refractivity contribution < 1.29 is 4.79 Å². The molecule has 0 radical (unpaired) electrons. The van der Waals surface area contributed by atoms with Crippen molar-refractivity contribution in [2.24, 2.45) is 11.3 Å². The fourth-order valence-electron chi connectivity index (χ4n) is 3.00. The Balaban J connectivity index is 2.52. The molecule has 118 valence electrons. The molecule has 20 heavy (non-hydrogen) atoms. The predicted octanol–water partition coefficient (Wildman–Crippen LogP) is 1.86. The fraction of sp³-hybridized carbons (Fsp3) is 0.938. The van der Waals surface area contributed by atoms with Crippen molar-refractivity contribution in [1.29, 1.82) is 0 Å². The smallest absolute Gasteiger partial charge is 0.237 e. The Labute approximate surface area is 124 Å². The molecule has 1 saturated heterocycles. The molecule has 4 heteroatoms. The average molecular weight is 283 g/mol. The van der Waals surface area contributed by atoms with E-state index in [9.17, 15) is 4.79 Å². The first-order valence-corrected chi connectivity index (χ1v) is 7.91. The molecule has 0 aromatic carbocycles. The normalized spacial score (nSPS) is 23.9. The number of carbonyl (C=O) groups is 1. The third-order valence-corrected chi connectivity index (χ3v) is 4.38. The van der Waals surface area contributed by atoms with Crippen LogP contribution in [-0.2, 0) is 4.79 Å². The average Bonchev–Trinajstić information content (AvgIpc) is 2.32. The van der Waals surface area contributed by atoms with Crippen LogP contribution in [0.1, 0.15) is 47.0 Å². The lowest BCUT2D eigenvalue weighted by Gasteiger charge is -2.38. The first-order chi connectivity index (χ1) is 9.24. The zero-order chi connectivity index (χ0) is 15.3. The maximum absolute atomic E-state index is 12.4. The molecule has 1 rings (SSSR count). The molecule has 4 nitrogen and oxygen atoms in total. The molecule has 0 saturated carbocycles. The van der Waals surface area contributed by atoms with Crippen LogP contribution in [0.25, 0.3) is 0 Å². The summed E-state index contributed by atoms with van der Waals surface area (Å²) in [6, 6.07) is 0.351. The zero-order valence-corrected chi connectivity index (χ0v) is 14.1. The first kappa shape index (κ1) is 17.4. The zero-order valence-electron chi connectivity index (χ0n) is 14.1. The standard InChI is InChI=1S/C16H33N3O/c1-12(2)10-13(19(5)6)11-18-15(20)14-16(3,4)8-7-9-17-14/h12-14,17H,7-11H2,1-6H3,(H,18,20). The lowest BCUT2D eigenvalue weighted by molar-refractivity contribution is -0.127. The van der Waals surface area contributed by atoms with Gasteiger partial charge in [-0.25, -0.2) is 0 Å². The monoisotopic (exact) mass is 283 g/mol. The summed E-state index contributed by atoms with van der Waals surface area (Å²) >= 11 is 0. The molecule has 1 aliphatic heterocycles. The molecule has 1 heterocycles. The summed E-state index contributed by atoms with van der Waals surface area (Å²) in [4.78, 5) is 14.6. The molecule has 1 amide bonds. The van der Waals surface area contributed by atoms with E-state index in [0.717, 1.165) is 32.4 Å². The van der Waals surface area contributed by atoms with E-state index in [0.29, 0.717) is 12.0 Å². The van der Waals surface area contributed by atoms with Gasteiger partial charge in [0.15, 0.2) is 0 Å². The van der Waals surface area contributed by atoms with Gasteiger partial charge in [0.25, 0.3) is 0 Å². The SMILES string of the molecule is CC(C)CC(CNC(=O)C1NCCCC1(C)C)N(C)C. The van der Waals surface area contributed by atoms with Gasteiger partial charge in [-0.1, -0.05) is 27.7 Å².